The van der Waals surface area contributed by atoms with Crippen LogP contribution in [0.5, 0.6) is 0 Å². The van der Waals surface area contributed by atoms with Crippen LogP contribution in [-0.2, 0) is 26.0 Å². The van der Waals surface area contributed by atoms with Gasteiger partial charge < -0.3 is 4.74 Å². The maximum absolute atomic E-state index is 14.4. The van der Waals surface area contributed by atoms with Gasteiger partial charge in [0.1, 0.15) is 11.6 Å². The first-order chi connectivity index (χ1) is 19.2. The highest BCUT2D eigenvalue weighted by Crippen LogP contribution is 2.50. The van der Waals surface area contributed by atoms with E-state index >= 15 is 0 Å². The van der Waals surface area contributed by atoms with Crippen LogP contribution >= 0.6 is 11.6 Å². The summed E-state index contributed by atoms with van der Waals surface area (Å²) in [4.78, 5) is 30.1. The zero-order valence-electron chi connectivity index (χ0n) is 21.9. The summed E-state index contributed by atoms with van der Waals surface area (Å²) >= 11 is 6.34. The van der Waals surface area contributed by atoms with Gasteiger partial charge in [-0.15, -0.1) is 0 Å². The van der Waals surface area contributed by atoms with Crippen LogP contribution < -0.4 is 0 Å². The Labute approximate surface area is 235 Å². The quantitative estimate of drug-likeness (QED) is 0.291. The van der Waals surface area contributed by atoms with Crippen molar-refractivity contribution < 1.29 is 22.3 Å². The first-order valence-electron chi connectivity index (χ1n) is 13.1. The number of pyridine rings is 1. The number of aryl methyl sites for hydroxylation is 1. The molecule has 208 valence electrons. The van der Waals surface area contributed by atoms with Gasteiger partial charge in [-0.3, -0.25) is 4.79 Å². The third kappa shape index (κ3) is 4.64. The van der Waals surface area contributed by atoms with Crippen LogP contribution in [0.4, 0.5) is 4.39 Å². The second kappa shape index (κ2) is 10.2. The molecule has 9 nitrogen and oxygen atoms in total. The lowest BCUT2D eigenvalue weighted by Gasteiger charge is -2.47. The predicted octanol–water partition coefficient (Wildman–Crippen LogP) is 4.99. The van der Waals surface area contributed by atoms with Crippen LogP contribution in [0.15, 0.2) is 47.6 Å². The Hall–Kier alpha value is -3.44. The monoisotopic (exact) mass is 583 g/mol. The number of nitrogens with zero attached hydrogens (tertiary/aromatic N) is 5. The molecule has 2 atom stereocenters. The van der Waals surface area contributed by atoms with Crippen LogP contribution in [0.25, 0.3) is 22.4 Å². The van der Waals surface area contributed by atoms with Gasteiger partial charge in [-0.25, -0.2) is 31.7 Å². The van der Waals surface area contributed by atoms with E-state index in [1.165, 1.54) is 31.5 Å². The lowest BCUT2D eigenvalue weighted by atomic mass is 9.57. The minimum absolute atomic E-state index is 0.00589. The van der Waals surface area contributed by atoms with Gasteiger partial charge in [-0.05, 0) is 80.2 Å². The van der Waals surface area contributed by atoms with Crippen LogP contribution in [0.3, 0.4) is 0 Å². The van der Waals surface area contributed by atoms with Gasteiger partial charge >= 0.3 is 5.97 Å². The van der Waals surface area contributed by atoms with Crippen molar-refractivity contribution in [3.63, 3.8) is 0 Å². The molecule has 3 aliphatic carbocycles. The van der Waals surface area contributed by atoms with E-state index in [-0.39, 0.29) is 56.3 Å². The largest absolute Gasteiger partial charge is 0.469 e. The highest BCUT2D eigenvalue weighted by atomic mass is 35.5. The molecule has 4 aromatic rings. The Balaban J connectivity index is 1.44. The van der Waals surface area contributed by atoms with E-state index in [9.17, 15) is 17.6 Å². The van der Waals surface area contributed by atoms with Crippen molar-refractivity contribution in [3.05, 3.63) is 65.2 Å². The van der Waals surface area contributed by atoms with Crippen LogP contribution in [0, 0.1) is 36.4 Å². The van der Waals surface area contributed by atoms with E-state index in [0.717, 1.165) is 41.4 Å². The molecule has 40 heavy (non-hydrogen) atoms. The summed E-state index contributed by atoms with van der Waals surface area (Å²) < 4.78 is 47.7. The highest BCUT2D eigenvalue weighted by molar-refractivity contribution is 7.90. The van der Waals surface area contributed by atoms with Crippen LogP contribution in [0.2, 0.25) is 5.28 Å². The highest BCUT2D eigenvalue weighted by Gasteiger charge is 2.47. The van der Waals surface area contributed by atoms with Gasteiger partial charge in [0.05, 0.1) is 24.1 Å². The fraction of sp³-hybridized carbons (Fsp3) is 0.393. The van der Waals surface area contributed by atoms with Crippen LogP contribution in [0.1, 0.15) is 37.1 Å². The van der Waals surface area contributed by atoms with E-state index in [0.29, 0.717) is 18.2 Å². The Bertz CT molecular complexity index is 1720. The molecule has 0 unspecified atom stereocenters. The molecule has 0 spiro atoms. The summed E-state index contributed by atoms with van der Waals surface area (Å²) in [6.45, 7) is 1.86. The second-order valence-electron chi connectivity index (χ2n) is 10.6. The minimum Gasteiger partial charge on any atom is -0.469 e. The summed E-state index contributed by atoms with van der Waals surface area (Å²) in [5, 5.41) is 0.135. The smallest absolute Gasteiger partial charge is 0.309 e. The van der Waals surface area contributed by atoms with E-state index in [1.807, 2.05) is 6.92 Å². The Kier molecular flexibility index (Phi) is 6.82. The van der Waals surface area contributed by atoms with Gasteiger partial charge in [0.2, 0.25) is 5.28 Å². The summed E-state index contributed by atoms with van der Waals surface area (Å²) in [6.07, 6.45) is 6.75. The zero-order valence-corrected chi connectivity index (χ0v) is 23.5. The molecule has 12 heteroatoms. The number of carbonyl (C=O) groups excluding carboxylic acids is 1. The Morgan fingerprint density at radius 2 is 1.80 bits per heavy atom. The number of aromatic nitrogens is 5. The first kappa shape index (κ1) is 26.8. The first-order valence-corrected chi connectivity index (χ1v) is 14.9. The van der Waals surface area contributed by atoms with Gasteiger partial charge in [-0.1, -0.05) is 17.7 Å². The van der Waals surface area contributed by atoms with E-state index in [2.05, 4.69) is 19.9 Å². The van der Waals surface area contributed by atoms with E-state index in [4.69, 9.17) is 16.3 Å². The lowest BCUT2D eigenvalue weighted by Crippen LogP contribution is -2.45. The van der Waals surface area contributed by atoms with Gasteiger partial charge in [0, 0.05) is 23.6 Å². The van der Waals surface area contributed by atoms with Gasteiger partial charge in [-0.2, -0.15) is 4.98 Å². The fourth-order valence-electron chi connectivity index (χ4n) is 6.42. The van der Waals surface area contributed by atoms with Crippen molar-refractivity contribution in [2.24, 2.45) is 23.7 Å². The number of benzene rings is 1. The summed E-state index contributed by atoms with van der Waals surface area (Å²) in [7, 11) is -2.66. The molecule has 0 N–H and O–H groups in total. The van der Waals surface area contributed by atoms with Crippen molar-refractivity contribution >= 4 is 38.6 Å². The molecule has 0 aliphatic heterocycles. The SMILES string of the molecule is COC(=O)[C@H]1C2CCC(CC2)[C@@H]1Cc1nc(Cl)nc(-c2cn(S(=O)(=O)c3ccc(C)cc3)c3ncc(F)cc23)n1. The molecule has 3 saturated carbocycles. The molecule has 3 fully saturated rings. The zero-order chi connectivity index (χ0) is 28.2. The second-order valence-corrected chi connectivity index (χ2v) is 12.8. The number of esters is 1. The molecule has 0 radical (unpaired) electrons. The van der Waals surface area contributed by atoms with Crippen LogP contribution in [-0.4, -0.2) is 45.4 Å². The summed E-state index contributed by atoms with van der Waals surface area (Å²) in [6, 6.07) is 7.61. The average molecular weight is 584 g/mol. The number of hydrogen-bond donors (Lipinski definition) is 0. The minimum atomic E-state index is -4.07. The maximum atomic E-state index is 14.4. The molecule has 1 aromatic carbocycles. The topological polar surface area (TPSA) is 117 Å². The standard InChI is InChI=1S/C28H27ClFN5O4S/c1-15-3-9-19(10-4-15)40(37,38)35-14-22(21-11-18(30)13-31-26(21)35)25-32-23(33-28(29)34-25)12-20-16-5-7-17(8-6-16)24(20)27(36)39-2/h3-4,9-11,13-14,16-17,20,24H,5-8,12H2,1-2H3/t16?,17?,20-,24-/m0/s1. The molecule has 0 amide bonds. The third-order valence-electron chi connectivity index (χ3n) is 8.33. The van der Waals surface area contributed by atoms with E-state index in [1.54, 1.807) is 12.1 Å². The molecule has 3 aromatic heterocycles. The number of fused-ring (bicyclic) bond motifs is 4. The Morgan fingerprint density at radius 1 is 1.10 bits per heavy atom. The average Bonchev–Trinajstić information content (AvgIpc) is 3.33. The summed E-state index contributed by atoms with van der Waals surface area (Å²) in [5.41, 5.74) is 1.19. The lowest BCUT2D eigenvalue weighted by molar-refractivity contribution is -0.156. The molecule has 3 aliphatic rings. The maximum Gasteiger partial charge on any atom is 0.309 e. The van der Waals surface area contributed by atoms with Gasteiger partial charge in [0.25, 0.3) is 10.0 Å². The van der Waals surface area contributed by atoms with Crippen molar-refractivity contribution in [1.29, 1.82) is 0 Å². The number of hydrogen-bond acceptors (Lipinski definition) is 8. The number of ether oxygens (including phenoxy) is 1. The normalized spacial score (nSPS) is 22.5. The molecule has 0 saturated heterocycles. The number of methoxy groups -OCH3 is 1. The third-order valence-corrected chi connectivity index (χ3v) is 10.2. The van der Waals surface area contributed by atoms with Crippen molar-refractivity contribution in [2.45, 2.75) is 43.9 Å². The molecule has 7 rings (SSSR count). The predicted molar refractivity (Wildman–Crippen MR) is 145 cm³/mol. The molecular weight excluding hydrogens is 557 g/mol. The van der Waals surface area contributed by atoms with Crippen molar-refractivity contribution in [1.82, 2.24) is 23.9 Å². The number of halogens is 2. The molecular formula is C28H27ClFN5O4S. The van der Waals surface area contributed by atoms with Crippen molar-refractivity contribution in [2.75, 3.05) is 7.11 Å². The number of carbonyl (C=O) groups is 1. The summed E-state index contributed by atoms with van der Waals surface area (Å²) in [5.74, 6) is -0.0189. The molecule has 3 heterocycles. The number of rotatable bonds is 6. The van der Waals surface area contributed by atoms with E-state index < -0.39 is 15.8 Å². The van der Waals surface area contributed by atoms with Gasteiger partial charge in [0.15, 0.2) is 11.5 Å². The van der Waals surface area contributed by atoms with Crippen molar-refractivity contribution in [3.8, 4) is 11.4 Å². The Morgan fingerprint density at radius 3 is 2.50 bits per heavy atom. The molecule has 2 bridgehead atoms. The fourth-order valence-corrected chi connectivity index (χ4v) is 7.93.